The van der Waals surface area contributed by atoms with E-state index in [2.05, 4.69) is 44.0 Å². The number of nitrogens with one attached hydrogen (secondary N) is 1. The van der Waals surface area contributed by atoms with E-state index in [9.17, 15) is 5.11 Å². The molecule has 2 N–H and O–H groups in total. The molecule has 3 heteroatoms. The van der Waals surface area contributed by atoms with E-state index < -0.39 is 0 Å². The highest BCUT2D eigenvalue weighted by atomic mass is 16.3. The average molecular weight is 290 g/mol. The van der Waals surface area contributed by atoms with Crippen molar-refractivity contribution >= 4 is 0 Å². The third-order valence-electron chi connectivity index (χ3n) is 5.50. The highest BCUT2D eigenvalue weighted by molar-refractivity contribution is 5.27. The fourth-order valence-electron chi connectivity index (χ4n) is 3.30. The standard InChI is InChI=1S/C18H30N2O/c1-5-17(4)13-19-18(6-2,7-3)14-20(17)12-15-9-8-10-16(21)11-15/h8-11,19,21H,5-7,12-14H2,1-4H3. The molecule has 1 heterocycles. The lowest BCUT2D eigenvalue weighted by Crippen LogP contribution is -2.68. The number of hydrogen-bond donors (Lipinski definition) is 2. The Morgan fingerprint density at radius 2 is 1.90 bits per heavy atom. The zero-order valence-electron chi connectivity index (χ0n) is 13.9. The van der Waals surface area contributed by atoms with Crippen molar-refractivity contribution in [2.45, 2.75) is 64.6 Å². The van der Waals surface area contributed by atoms with Crippen molar-refractivity contribution in [1.82, 2.24) is 10.2 Å². The third-order valence-corrected chi connectivity index (χ3v) is 5.50. The van der Waals surface area contributed by atoms with Gasteiger partial charge in [0.15, 0.2) is 0 Å². The van der Waals surface area contributed by atoms with Gasteiger partial charge in [0, 0.05) is 30.7 Å². The van der Waals surface area contributed by atoms with Gasteiger partial charge >= 0.3 is 0 Å². The summed E-state index contributed by atoms with van der Waals surface area (Å²) in [5.74, 6) is 0.359. The van der Waals surface area contributed by atoms with E-state index in [-0.39, 0.29) is 11.1 Å². The van der Waals surface area contributed by atoms with Crippen LogP contribution in [0.4, 0.5) is 0 Å². The molecule has 0 bridgehead atoms. The Labute approximate surface area is 129 Å². The first-order valence-corrected chi connectivity index (χ1v) is 8.25. The molecule has 1 fully saturated rings. The van der Waals surface area contributed by atoms with Gasteiger partial charge in [-0.15, -0.1) is 0 Å². The van der Waals surface area contributed by atoms with Crippen LogP contribution in [0.2, 0.25) is 0 Å². The van der Waals surface area contributed by atoms with Gasteiger partial charge in [-0.1, -0.05) is 32.9 Å². The van der Waals surface area contributed by atoms with Crippen molar-refractivity contribution in [2.75, 3.05) is 13.1 Å². The van der Waals surface area contributed by atoms with Crippen LogP contribution < -0.4 is 5.32 Å². The monoisotopic (exact) mass is 290 g/mol. The van der Waals surface area contributed by atoms with Crippen molar-refractivity contribution in [1.29, 1.82) is 0 Å². The Balaban J connectivity index is 2.22. The minimum Gasteiger partial charge on any atom is -0.508 e. The Bertz CT molecular complexity index is 470. The van der Waals surface area contributed by atoms with Crippen LogP contribution in [0.15, 0.2) is 24.3 Å². The summed E-state index contributed by atoms with van der Waals surface area (Å²) in [6.07, 6.45) is 3.43. The first-order valence-electron chi connectivity index (χ1n) is 8.25. The topological polar surface area (TPSA) is 35.5 Å². The Kier molecular flexibility index (Phi) is 4.95. The first-order chi connectivity index (χ1) is 9.97. The number of rotatable bonds is 5. The van der Waals surface area contributed by atoms with Gasteiger partial charge in [-0.3, -0.25) is 4.90 Å². The Hall–Kier alpha value is -1.06. The van der Waals surface area contributed by atoms with Crippen LogP contribution >= 0.6 is 0 Å². The summed E-state index contributed by atoms with van der Waals surface area (Å²) in [4.78, 5) is 2.60. The van der Waals surface area contributed by atoms with Crippen LogP contribution in [0.1, 0.15) is 52.5 Å². The molecule has 1 aromatic rings. The summed E-state index contributed by atoms with van der Waals surface area (Å²) in [5.41, 5.74) is 1.60. The molecular formula is C18H30N2O. The van der Waals surface area contributed by atoms with Gasteiger partial charge in [0.25, 0.3) is 0 Å². The summed E-state index contributed by atoms with van der Waals surface area (Å²) in [6, 6.07) is 7.67. The quantitative estimate of drug-likeness (QED) is 0.871. The molecule has 1 unspecified atom stereocenters. The Morgan fingerprint density at radius 1 is 1.19 bits per heavy atom. The van der Waals surface area contributed by atoms with E-state index in [0.29, 0.717) is 5.75 Å². The van der Waals surface area contributed by atoms with E-state index in [1.165, 1.54) is 5.56 Å². The maximum absolute atomic E-state index is 9.69. The van der Waals surface area contributed by atoms with Crippen molar-refractivity contribution in [2.24, 2.45) is 0 Å². The second-order valence-corrected chi connectivity index (χ2v) is 6.72. The minimum atomic E-state index is 0.180. The van der Waals surface area contributed by atoms with Gasteiger partial charge < -0.3 is 10.4 Å². The van der Waals surface area contributed by atoms with Gasteiger partial charge in [-0.25, -0.2) is 0 Å². The van der Waals surface area contributed by atoms with Crippen molar-refractivity contribution in [3.05, 3.63) is 29.8 Å². The van der Waals surface area contributed by atoms with E-state index >= 15 is 0 Å². The second-order valence-electron chi connectivity index (χ2n) is 6.72. The molecule has 2 rings (SSSR count). The SMILES string of the molecule is CCC1(CC)CN(Cc2cccc(O)c2)C(C)(CC)CN1. The first kappa shape index (κ1) is 16.3. The van der Waals surface area contributed by atoms with E-state index in [1.54, 1.807) is 6.07 Å². The molecule has 0 radical (unpaired) electrons. The smallest absolute Gasteiger partial charge is 0.115 e. The van der Waals surface area contributed by atoms with Crippen LogP contribution in [-0.2, 0) is 6.54 Å². The van der Waals surface area contributed by atoms with Crippen LogP contribution in [-0.4, -0.2) is 34.2 Å². The fraction of sp³-hybridized carbons (Fsp3) is 0.667. The molecule has 21 heavy (non-hydrogen) atoms. The van der Waals surface area contributed by atoms with Gasteiger partial charge in [0.05, 0.1) is 0 Å². The summed E-state index contributed by atoms with van der Waals surface area (Å²) in [7, 11) is 0. The summed E-state index contributed by atoms with van der Waals surface area (Å²) in [5, 5.41) is 13.5. The lowest BCUT2D eigenvalue weighted by atomic mass is 9.82. The fourth-order valence-corrected chi connectivity index (χ4v) is 3.30. The summed E-state index contributed by atoms with van der Waals surface area (Å²) in [6.45, 7) is 12.2. The zero-order chi connectivity index (χ0) is 15.5. The van der Waals surface area contributed by atoms with Gasteiger partial charge in [-0.2, -0.15) is 0 Å². The molecule has 118 valence electrons. The molecule has 1 atom stereocenters. The molecule has 0 spiro atoms. The minimum absolute atomic E-state index is 0.180. The van der Waals surface area contributed by atoms with Crippen molar-refractivity contribution < 1.29 is 5.11 Å². The van der Waals surface area contributed by atoms with Crippen LogP contribution in [0.3, 0.4) is 0 Å². The summed E-state index contributed by atoms with van der Waals surface area (Å²) < 4.78 is 0. The molecule has 1 aromatic carbocycles. The van der Waals surface area contributed by atoms with Crippen LogP contribution in [0.5, 0.6) is 5.75 Å². The molecule has 1 aliphatic rings. The van der Waals surface area contributed by atoms with Gasteiger partial charge in [0.1, 0.15) is 5.75 Å². The molecule has 0 saturated carbocycles. The molecule has 0 aromatic heterocycles. The Morgan fingerprint density at radius 3 is 2.48 bits per heavy atom. The largest absolute Gasteiger partial charge is 0.508 e. The van der Waals surface area contributed by atoms with Gasteiger partial charge in [0.2, 0.25) is 0 Å². The zero-order valence-corrected chi connectivity index (χ0v) is 13.9. The second kappa shape index (κ2) is 6.37. The average Bonchev–Trinajstić information content (AvgIpc) is 2.50. The number of phenolic OH excluding ortho intramolecular Hbond substituents is 1. The number of piperazine rings is 1. The molecular weight excluding hydrogens is 260 g/mol. The molecule has 1 saturated heterocycles. The molecule has 1 aliphatic heterocycles. The molecule has 0 aliphatic carbocycles. The third kappa shape index (κ3) is 3.41. The van der Waals surface area contributed by atoms with E-state index in [4.69, 9.17) is 0 Å². The van der Waals surface area contributed by atoms with Crippen molar-refractivity contribution in [3.8, 4) is 5.75 Å². The maximum Gasteiger partial charge on any atom is 0.115 e. The van der Waals surface area contributed by atoms with E-state index in [0.717, 1.165) is 38.9 Å². The number of benzene rings is 1. The predicted molar refractivity (Wildman–Crippen MR) is 88.5 cm³/mol. The predicted octanol–water partition coefficient (Wildman–Crippen LogP) is 3.52. The maximum atomic E-state index is 9.69. The normalized spacial score (nSPS) is 25.9. The van der Waals surface area contributed by atoms with Gasteiger partial charge in [-0.05, 0) is 43.9 Å². The number of aromatic hydroxyl groups is 1. The van der Waals surface area contributed by atoms with Crippen molar-refractivity contribution in [3.63, 3.8) is 0 Å². The highest BCUT2D eigenvalue weighted by Gasteiger charge is 2.42. The number of phenols is 1. The number of nitrogens with zero attached hydrogens (tertiary/aromatic N) is 1. The summed E-state index contributed by atoms with van der Waals surface area (Å²) >= 11 is 0. The van der Waals surface area contributed by atoms with Crippen LogP contribution in [0.25, 0.3) is 0 Å². The molecule has 3 nitrogen and oxygen atoms in total. The number of hydrogen-bond acceptors (Lipinski definition) is 3. The van der Waals surface area contributed by atoms with E-state index in [1.807, 2.05) is 12.1 Å². The molecule has 0 amide bonds. The highest BCUT2D eigenvalue weighted by Crippen LogP contribution is 2.32. The lowest BCUT2D eigenvalue weighted by Gasteiger charge is -2.53. The van der Waals surface area contributed by atoms with Crippen LogP contribution in [0, 0.1) is 0 Å². The lowest BCUT2D eigenvalue weighted by molar-refractivity contribution is 0.00273.